The maximum Gasteiger partial charge on any atom is 0.255 e. The fraction of sp³-hybridized carbons (Fsp3) is 0.0500. The van der Waals surface area contributed by atoms with Gasteiger partial charge in [0.1, 0.15) is 23.0 Å². The maximum absolute atomic E-state index is 12.1. The van der Waals surface area contributed by atoms with Crippen molar-refractivity contribution in [2.75, 3.05) is 0 Å². The van der Waals surface area contributed by atoms with E-state index in [0.717, 1.165) is 11.3 Å². The number of nitrogens with one attached hydrogen (secondary N) is 1. The first-order valence-electron chi connectivity index (χ1n) is 7.74. The lowest BCUT2D eigenvalue weighted by molar-refractivity contribution is 0.0948. The fourth-order valence-electron chi connectivity index (χ4n) is 2.28. The van der Waals surface area contributed by atoms with E-state index in [1.165, 1.54) is 18.2 Å². The van der Waals surface area contributed by atoms with Gasteiger partial charge in [-0.2, -0.15) is 0 Å². The van der Waals surface area contributed by atoms with Crippen molar-refractivity contribution < 1.29 is 19.7 Å². The Morgan fingerprint density at radius 3 is 2.28 bits per heavy atom. The number of benzene rings is 3. The number of carbonyl (C=O) groups is 1. The maximum atomic E-state index is 12.1. The number of phenols is 2. The SMILES string of the molecule is O=C(NCc1ccc(Oc2ccccc2)cc1)c1cc(O)ccc1O. The van der Waals surface area contributed by atoms with Gasteiger partial charge < -0.3 is 20.3 Å². The summed E-state index contributed by atoms with van der Waals surface area (Å²) < 4.78 is 5.71. The molecule has 0 saturated heterocycles. The minimum absolute atomic E-state index is 0.0315. The highest BCUT2D eigenvalue weighted by Crippen LogP contribution is 2.23. The van der Waals surface area contributed by atoms with Crippen LogP contribution in [0.4, 0.5) is 0 Å². The Bertz CT molecular complexity index is 861. The molecule has 3 rings (SSSR count). The van der Waals surface area contributed by atoms with Crippen LogP contribution in [-0.2, 0) is 6.54 Å². The third-order valence-corrected chi connectivity index (χ3v) is 3.58. The molecule has 0 bridgehead atoms. The zero-order valence-corrected chi connectivity index (χ0v) is 13.3. The molecule has 5 nitrogen and oxygen atoms in total. The molecule has 3 aromatic rings. The second-order valence-corrected chi connectivity index (χ2v) is 5.44. The Balaban J connectivity index is 1.60. The number of rotatable bonds is 5. The second-order valence-electron chi connectivity index (χ2n) is 5.44. The number of hydrogen-bond acceptors (Lipinski definition) is 4. The van der Waals surface area contributed by atoms with Gasteiger partial charge in [0.2, 0.25) is 0 Å². The van der Waals surface area contributed by atoms with Gasteiger partial charge in [0.05, 0.1) is 5.56 Å². The summed E-state index contributed by atoms with van der Waals surface area (Å²) in [5.74, 6) is 0.736. The standard InChI is InChI=1S/C20H17NO4/c22-15-8-11-19(23)18(12-15)20(24)21-13-14-6-9-17(10-7-14)25-16-4-2-1-3-5-16/h1-12,22-23H,13H2,(H,21,24). The van der Waals surface area contributed by atoms with Crippen molar-refractivity contribution in [2.45, 2.75) is 6.54 Å². The summed E-state index contributed by atoms with van der Waals surface area (Å²) >= 11 is 0. The van der Waals surface area contributed by atoms with E-state index in [2.05, 4.69) is 5.32 Å². The number of para-hydroxylation sites is 1. The Morgan fingerprint density at radius 2 is 1.56 bits per heavy atom. The first-order chi connectivity index (χ1) is 12.1. The van der Waals surface area contributed by atoms with Crippen LogP contribution in [-0.4, -0.2) is 16.1 Å². The molecule has 3 aromatic carbocycles. The van der Waals surface area contributed by atoms with E-state index in [-0.39, 0.29) is 17.1 Å². The average Bonchev–Trinajstić information content (AvgIpc) is 2.64. The first kappa shape index (κ1) is 16.4. The highest BCUT2D eigenvalue weighted by Gasteiger charge is 2.11. The van der Waals surface area contributed by atoms with Gasteiger partial charge in [-0.1, -0.05) is 30.3 Å². The van der Waals surface area contributed by atoms with Crippen molar-refractivity contribution in [2.24, 2.45) is 0 Å². The molecule has 126 valence electrons. The molecule has 5 heteroatoms. The number of amides is 1. The Hall–Kier alpha value is -3.47. The Kier molecular flexibility index (Phi) is 4.85. The van der Waals surface area contributed by atoms with E-state index in [4.69, 9.17) is 4.74 Å². The van der Waals surface area contributed by atoms with Crippen molar-refractivity contribution in [3.05, 3.63) is 83.9 Å². The number of hydrogen-bond donors (Lipinski definition) is 3. The predicted octanol–water partition coefficient (Wildman–Crippen LogP) is 3.82. The molecule has 3 N–H and O–H groups in total. The molecule has 0 aliphatic rings. The van der Waals surface area contributed by atoms with Crippen LogP contribution >= 0.6 is 0 Å². The van der Waals surface area contributed by atoms with Crippen LogP contribution in [0, 0.1) is 0 Å². The van der Waals surface area contributed by atoms with Crippen LogP contribution in [0.5, 0.6) is 23.0 Å². The molecule has 0 unspecified atom stereocenters. The van der Waals surface area contributed by atoms with Gasteiger partial charge in [-0.25, -0.2) is 0 Å². The van der Waals surface area contributed by atoms with Gasteiger partial charge in [-0.05, 0) is 48.0 Å². The molecule has 0 radical (unpaired) electrons. The topological polar surface area (TPSA) is 78.8 Å². The van der Waals surface area contributed by atoms with Crippen molar-refractivity contribution in [1.29, 1.82) is 0 Å². The molecule has 0 atom stereocenters. The molecular weight excluding hydrogens is 318 g/mol. The largest absolute Gasteiger partial charge is 0.508 e. The van der Waals surface area contributed by atoms with Gasteiger partial charge in [0, 0.05) is 6.54 Å². The lowest BCUT2D eigenvalue weighted by atomic mass is 10.1. The summed E-state index contributed by atoms with van der Waals surface area (Å²) in [6, 6.07) is 20.6. The lowest BCUT2D eigenvalue weighted by Crippen LogP contribution is -2.22. The van der Waals surface area contributed by atoms with Gasteiger partial charge >= 0.3 is 0 Å². The van der Waals surface area contributed by atoms with Crippen LogP contribution in [0.1, 0.15) is 15.9 Å². The van der Waals surface area contributed by atoms with E-state index < -0.39 is 5.91 Å². The smallest absolute Gasteiger partial charge is 0.255 e. The van der Waals surface area contributed by atoms with E-state index in [1.807, 2.05) is 54.6 Å². The summed E-state index contributed by atoms with van der Waals surface area (Å²) in [6.45, 7) is 0.291. The molecular formula is C20H17NO4. The molecule has 0 aliphatic carbocycles. The van der Waals surface area contributed by atoms with Crippen LogP contribution in [0.25, 0.3) is 0 Å². The Morgan fingerprint density at radius 1 is 0.880 bits per heavy atom. The molecule has 0 saturated carbocycles. The number of carbonyl (C=O) groups excluding carboxylic acids is 1. The minimum Gasteiger partial charge on any atom is -0.508 e. The Labute approximate surface area is 145 Å². The van der Waals surface area contributed by atoms with Crippen LogP contribution in [0.2, 0.25) is 0 Å². The summed E-state index contributed by atoms with van der Waals surface area (Å²) in [5, 5.41) is 21.8. The molecule has 25 heavy (non-hydrogen) atoms. The molecule has 0 aliphatic heterocycles. The highest BCUT2D eigenvalue weighted by molar-refractivity contribution is 5.97. The van der Waals surface area contributed by atoms with Gasteiger partial charge in [0.25, 0.3) is 5.91 Å². The second kappa shape index (κ2) is 7.40. The lowest BCUT2D eigenvalue weighted by Gasteiger charge is -2.09. The van der Waals surface area contributed by atoms with Crippen LogP contribution in [0.15, 0.2) is 72.8 Å². The zero-order valence-electron chi connectivity index (χ0n) is 13.3. The number of aromatic hydroxyl groups is 2. The van der Waals surface area contributed by atoms with Crippen molar-refractivity contribution >= 4 is 5.91 Å². The third-order valence-electron chi connectivity index (χ3n) is 3.58. The number of phenolic OH excluding ortho intramolecular Hbond substituents is 2. The summed E-state index contributed by atoms with van der Waals surface area (Å²) in [7, 11) is 0. The highest BCUT2D eigenvalue weighted by atomic mass is 16.5. The van der Waals surface area contributed by atoms with Crippen molar-refractivity contribution in [3.8, 4) is 23.0 Å². The van der Waals surface area contributed by atoms with Gasteiger partial charge in [-0.3, -0.25) is 4.79 Å². The van der Waals surface area contributed by atoms with E-state index in [1.54, 1.807) is 0 Å². The van der Waals surface area contributed by atoms with E-state index >= 15 is 0 Å². The fourth-order valence-corrected chi connectivity index (χ4v) is 2.28. The van der Waals surface area contributed by atoms with Gasteiger partial charge in [-0.15, -0.1) is 0 Å². The average molecular weight is 335 g/mol. The predicted molar refractivity (Wildman–Crippen MR) is 93.9 cm³/mol. The summed E-state index contributed by atoms with van der Waals surface area (Å²) in [5.41, 5.74) is 0.914. The molecule has 0 heterocycles. The molecule has 0 aromatic heterocycles. The number of ether oxygens (including phenoxy) is 1. The van der Waals surface area contributed by atoms with Crippen LogP contribution < -0.4 is 10.1 Å². The summed E-state index contributed by atoms with van der Waals surface area (Å²) in [6.07, 6.45) is 0. The normalized spacial score (nSPS) is 10.2. The first-order valence-corrected chi connectivity index (χ1v) is 7.74. The van der Waals surface area contributed by atoms with E-state index in [9.17, 15) is 15.0 Å². The van der Waals surface area contributed by atoms with Crippen molar-refractivity contribution in [1.82, 2.24) is 5.32 Å². The zero-order chi connectivity index (χ0) is 17.6. The quantitative estimate of drug-likeness (QED) is 0.619. The monoisotopic (exact) mass is 335 g/mol. The molecule has 1 amide bonds. The molecule has 0 fully saturated rings. The van der Waals surface area contributed by atoms with E-state index in [0.29, 0.717) is 12.3 Å². The summed E-state index contributed by atoms with van der Waals surface area (Å²) in [4.78, 5) is 12.1. The van der Waals surface area contributed by atoms with Gasteiger partial charge in [0.15, 0.2) is 0 Å². The molecule has 0 spiro atoms. The van der Waals surface area contributed by atoms with Crippen LogP contribution in [0.3, 0.4) is 0 Å². The van der Waals surface area contributed by atoms with Crippen molar-refractivity contribution in [3.63, 3.8) is 0 Å². The third kappa shape index (κ3) is 4.29. The minimum atomic E-state index is -0.460.